The van der Waals surface area contributed by atoms with Gasteiger partial charge in [0.25, 0.3) is 0 Å². The number of esters is 1. The van der Waals surface area contributed by atoms with Crippen LogP contribution in [0.1, 0.15) is 55.2 Å². The number of hydrogen-bond donors (Lipinski definition) is 0. The zero-order chi connectivity index (χ0) is 26.6. The fourth-order valence-corrected chi connectivity index (χ4v) is 4.40. The van der Waals surface area contributed by atoms with Crippen molar-refractivity contribution in [3.8, 4) is 16.5 Å². The largest absolute Gasteiger partial charge is 0.487 e. The zero-order valence-electron chi connectivity index (χ0n) is 21.7. The van der Waals surface area contributed by atoms with Crippen molar-refractivity contribution in [2.24, 2.45) is 5.16 Å². The van der Waals surface area contributed by atoms with Gasteiger partial charge in [-0.25, -0.2) is 4.98 Å². The van der Waals surface area contributed by atoms with Crippen LogP contribution in [0.4, 0.5) is 0 Å². The van der Waals surface area contributed by atoms with Crippen LogP contribution in [0.5, 0.6) is 5.75 Å². The highest BCUT2D eigenvalue weighted by molar-refractivity contribution is 7.13. The summed E-state index contributed by atoms with van der Waals surface area (Å²) in [7, 11) is 0. The Labute approximate surface area is 227 Å². The third-order valence-corrected chi connectivity index (χ3v) is 6.64. The Bertz CT molecular complexity index is 1300. The lowest BCUT2D eigenvalue weighted by Crippen LogP contribution is -2.05. The molecule has 4 aromatic rings. The van der Waals surface area contributed by atoms with Gasteiger partial charge in [-0.2, -0.15) is 0 Å². The maximum Gasteiger partial charge on any atom is 0.305 e. The van der Waals surface area contributed by atoms with Crippen LogP contribution in [-0.4, -0.2) is 23.3 Å². The minimum atomic E-state index is -0.159. The number of oxime groups is 1. The molecule has 0 atom stereocenters. The first kappa shape index (κ1) is 27.1. The van der Waals surface area contributed by atoms with Crippen molar-refractivity contribution in [1.82, 2.24) is 4.98 Å². The second-order valence-electron chi connectivity index (χ2n) is 8.62. The van der Waals surface area contributed by atoms with E-state index in [4.69, 9.17) is 18.7 Å². The van der Waals surface area contributed by atoms with Crippen LogP contribution >= 0.6 is 11.3 Å². The van der Waals surface area contributed by atoms with Gasteiger partial charge in [0.05, 0.1) is 17.2 Å². The van der Waals surface area contributed by atoms with Crippen molar-refractivity contribution in [3.05, 3.63) is 94.7 Å². The van der Waals surface area contributed by atoms with Crippen molar-refractivity contribution >= 4 is 23.0 Å². The Morgan fingerprint density at radius 2 is 1.76 bits per heavy atom. The molecule has 0 saturated heterocycles. The van der Waals surface area contributed by atoms with Crippen LogP contribution < -0.4 is 4.74 Å². The predicted molar refractivity (Wildman–Crippen MR) is 148 cm³/mol. The van der Waals surface area contributed by atoms with E-state index in [1.165, 1.54) is 0 Å². The SMILES string of the molecule is CCOC(=O)CCCCC(=NOCc1ccc(OCc2nc(-c3cccs3)oc2C)cc1)c1ccccc1. The molecule has 0 aliphatic heterocycles. The molecule has 0 radical (unpaired) electrons. The summed E-state index contributed by atoms with van der Waals surface area (Å²) in [6.07, 6.45) is 2.69. The van der Waals surface area contributed by atoms with Crippen LogP contribution in [0, 0.1) is 6.92 Å². The number of aryl methyl sites for hydroxylation is 1. The third-order valence-electron chi connectivity index (χ3n) is 5.79. The first-order valence-electron chi connectivity index (χ1n) is 12.7. The van der Waals surface area contributed by atoms with E-state index >= 15 is 0 Å². The first-order chi connectivity index (χ1) is 18.6. The van der Waals surface area contributed by atoms with Crippen LogP contribution in [0.25, 0.3) is 10.8 Å². The van der Waals surface area contributed by atoms with Crippen LogP contribution in [-0.2, 0) is 27.6 Å². The van der Waals surface area contributed by atoms with Gasteiger partial charge in [0.2, 0.25) is 5.89 Å². The van der Waals surface area contributed by atoms with Crippen LogP contribution in [0.15, 0.2) is 81.7 Å². The fraction of sp³-hybridized carbons (Fsp3) is 0.300. The normalized spacial score (nSPS) is 11.4. The van der Waals surface area contributed by atoms with E-state index in [0.717, 1.165) is 51.8 Å². The summed E-state index contributed by atoms with van der Waals surface area (Å²) in [6, 6.07) is 21.6. The van der Waals surface area contributed by atoms with Crippen LogP contribution in [0.3, 0.4) is 0 Å². The Kier molecular flexibility index (Phi) is 10.1. The van der Waals surface area contributed by atoms with Gasteiger partial charge in [-0.1, -0.05) is 53.7 Å². The lowest BCUT2D eigenvalue weighted by molar-refractivity contribution is -0.143. The summed E-state index contributed by atoms with van der Waals surface area (Å²) in [5.41, 5.74) is 3.64. The van der Waals surface area contributed by atoms with Gasteiger partial charge in [0.15, 0.2) is 0 Å². The molecule has 2 heterocycles. The molecule has 2 aromatic heterocycles. The van der Waals surface area contributed by atoms with Crippen molar-refractivity contribution < 1.29 is 23.5 Å². The second kappa shape index (κ2) is 14.1. The summed E-state index contributed by atoms with van der Waals surface area (Å²) in [5, 5.41) is 6.42. The molecule has 2 aromatic carbocycles. The average molecular weight is 533 g/mol. The molecular formula is C30H32N2O5S. The number of nitrogens with zero attached hydrogens (tertiary/aromatic N) is 2. The van der Waals surface area contributed by atoms with Gasteiger partial charge >= 0.3 is 5.97 Å². The molecule has 8 heteroatoms. The van der Waals surface area contributed by atoms with Gasteiger partial charge in [-0.05, 0) is 67.8 Å². The number of ether oxygens (including phenoxy) is 2. The van der Waals surface area contributed by atoms with E-state index in [1.807, 2.05) is 86.0 Å². The van der Waals surface area contributed by atoms with Crippen LogP contribution in [0.2, 0.25) is 0 Å². The monoisotopic (exact) mass is 532 g/mol. The van der Waals surface area contributed by atoms with Crippen molar-refractivity contribution in [1.29, 1.82) is 0 Å². The van der Waals surface area contributed by atoms with E-state index in [-0.39, 0.29) is 5.97 Å². The number of thiophene rings is 1. The molecule has 0 aliphatic rings. The molecule has 0 bridgehead atoms. The van der Waals surface area contributed by atoms with Crippen molar-refractivity contribution in [3.63, 3.8) is 0 Å². The lowest BCUT2D eigenvalue weighted by Gasteiger charge is -2.08. The van der Waals surface area contributed by atoms with E-state index in [9.17, 15) is 4.79 Å². The molecule has 38 heavy (non-hydrogen) atoms. The van der Waals surface area contributed by atoms with Crippen molar-refractivity contribution in [2.45, 2.75) is 52.7 Å². The lowest BCUT2D eigenvalue weighted by atomic mass is 10.0. The van der Waals surface area contributed by atoms with E-state index < -0.39 is 0 Å². The van der Waals surface area contributed by atoms with Gasteiger partial charge in [0.1, 0.15) is 30.4 Å². The number of carbonyl (C=O) groups is 1. The Balaban J connectivity index is 1.28. The molecule has 0 N–H and O–H groups in total. The number of benzene rings is 2. The van der Waals surface area contributed by atoms with E-state index in [0.29, 0.717) is 38.6 Å². The molecule has 198 valence electrons. The smallest absolute Gasteiger partial charge is 0.305 e. The highest BCUT2D eigenvalue weighted by Gasteiger charge is 2.13. The molecule has 0 unspecified atom stereocenters. The van der Waals surface area contributed by atoms with Gasteiger partial charge < -0.3 is 18.7 Å². The molecule has 0 amide bonds. The second-order valence-corrected chi connectivity index (χ2v) is 9.57. The minimum Gasteiger partial charge on any atom is -0.487 e. The maximum atomic E-state index is 11.6. The zero-order valence-corrected chi connectivity index (χ0v) is 22.5. The Hall–Kier alpha value is -3.91. The van der Waals surface area contributed by atoms with E-state index in [2.05, 4.69) is 10.1 Å². The molecule has 0 aliphatic carbocycles. The molecule has 0 saturated carbocycles. The molecule has 0 spiro atoms. The molecule has 0 fully saturated rings. The maximum absolute atomic E-state index is 11.6. The summed E-state index contributed by atoms with van der Waals surface area (Å²) in [6.45, 7) is 4.79. The number of unbranched alkanes of at least 4 members (excludes halogenated alkanes) is 1. The predicted octanol–water partition coefficient (Wildman–Crippen LogP) is 7.33. The molecule has 4 rings (SSSR count). The highest BCUT2D eigenvalue weighted by Crippen LogP contribution is 2.26. The van der Waals surface area contributed by atoms with E-state index in [1.54, 1.807) is 11.3 Å². The summed E-state index contributed by atoms with van der Waals surface area (Å²) in [4.78, 5) is 22.9. The molecular weight excluding hydrogens is 500 g/mol. The van der Waals surface area contributed by atoms with Gasteiger partial charge in [-0.15, -0.1) is 11.3 Å². The number of hydrogen-bond acceptors (Lipinski definition) is 8. The third kappa shape index (κ3) is 8.05. The topological polar surface area (TPSA) is 83.2 Å². The minimum absolute atomic E-state index is 0.159. The summed E-state index contributed by atoms with van der Waals surface area (Å²) < 4.78 is 16.7. The first-order valence-corrected chi connectivity index (χ1v) is 13.6. The average Bonchev–Trinajstić information content (AvgIpc) is 3.60. The summed E-state index contributed by atoms with van der Waals surface area (Å²) >= 11 is 1.59. The van der Waals surface area contributed by atoms with Gasteiger partial charge in [0, 0.05) is 6.42 Å². The number of carbonyl (C=O) groups excluding carboxylic acids is 1. The van der Waals surface area contributed by atoms with Crippen molar-refractivity contribution in [2.75, 3.05) is 6.61 Å². The Morgan fingerprint density at radius 3 is 2.50 bits per heavy atom. The number of aromatic nitrogens is 1. The highest BCUT2D eigenvalue weighted by atomic mass is 32.1. The summed E-state index contributed by atoms with van der Waals surface area (Å²) in [5.74, 6) is 1.96. The molecule has 7 nitrogen and oxygen atoms in total. The fourth-order valence-electron chi connectivity index (χ4n) is 3.75. The number of rotatable bonds is 14. The quantitative estimate of drug-likeness (QED) is 0.0731. The standard InChI is InChI=1S/C30H32N2O5S/c1-3-34-29(33)14-8-7-12-26(24-10-5-4-6-11-24)32-36-20-23-15-17-25(18-16-23)35-21-27-22(2)37-30(31-27)28-13-9-19-38-28/h4-6,9-11,13,15-19H,3,7-8,12,14,20-21H2,1-2H3. The number of oxazole rings is 1. The Morgan fingerprint density at radius 1 is 0.974 bits per heavy atom. The van der Waals surface area contributed by atoms with Gasteiger partial charge in [-0.3, -0.25) is 4.79 Å².